The minimum atomic E-state index is -0.254. The quantitative estimate of drug-likeness (QED) is 0.578. The first-order chi connectivity index (χ1) is 14.0. The molecule has 0 unspecified atom stereocenters. The standard InChI is InChI=1S/C21H31N3O5/c1-4-11-24(14-19(25)22-17-7-5-6-8-18(17)28-2)20(26)15-23-12-9-16(10-13-23)21(27)29-3/h5-8,16H,4,9-15H2,1-3H3,(H,22,25)/p+1. The predicted octanol–water partition coefficient (Wildman–Crippen LogP) is 0.340. The second-order valence-corrected chi connectivity index (χ2v) is 7.29. The van der Waals surface area contributed by atoms with Crippen LogP contribution < -0.4 is 15.0 Å². The molecule has 160 valence electrons. The Morgan fingerprint density at radius 3 is 2.48 bits per heavy atom. The molecule has 1 aromatic carbocycles. The minimum Gasteiger partial charge on any atom is -0.495 e. The van der Waals surface area contributed by atoms with Gasteiger partial charge in [0.05, 0.1) is 38.9 Å². The summed E-state index contributed by atoms with van der Waals surface area (Å²) < 4.78 is 10.1. The molecule has 1 aliphatic rings. The molecular formula is C21H32N3O5+. The Labute approximate surface area is 172 Å². The molecule has 0 atom stereocenters. The van der Waals surface area contributed by atoms with Gasteiger partial charge in [0.1, 0.15) is 12.3 Å². The minimum absolute atomic E-state index is 0.00277. The van der Waals surface area contributed by atoms with E-state index in [-0.39, 0.29) is 30.2 Å². The zero-order chi connectivity index (χ0) is 21.2. The number of nitrogens with one attached hydrogen (secondary N) is 2. The molecule has 8 nitrogen and oxygen atoms in total. The van der Waals surface area contributed by atoms with E-state index in [1.54, 1.807) is 24.1 Å². The zero-order valence-electron chi connectivity index (χ0n) is 17.5. The number of rotatable bonds is 9. The molecule has 1 saturated heterocycles. The summed E-state index contributed by atoms with van der Waals surface area (Å²) in [6.45, 7) is 4.33. The molecule has 1 fully saturated rings. The van der Waals surface area contributed by atoms with Crippen LogP contribution in [0.3, 0.4) is 0 Å². The van der Waals surface area contributed by atoms with Gasteiger partial charge in [0.15, 0.2) is 6.54 Å². The lowest BCUT2D eigenvalue weighted by atomic mass is 9.97. The van der Waals surface area contributed by atoms with Crippen molar-refractivity contribution in [1.82, 2.24) is 4.90 Å². The van der Waals surface area contributed by atoms with Gasteiger partial charge < -0.3 is 24.6 Å². The second-order valence-electron chi connectivity index (χ2n) is 7.29. The number of quaternary nitrogens is 1. The van der Waals surface area contributed by atoms with Crippen LogP contribution in [0.4, 0.5) is 5.69 Å². The van der Waals surface area contributed by atoms with Crippen LogP contribution in [0.15, 0.2) is 24.3 Å². The first-order valence-electron chi connectivity index (χ1n) is 10.1. The summed E-state index contributed by atoms with van der Waals surface area (Å²) in [5, 5.41) is 2.82. The number of amides is 2. The molecule has 1 aromatic rings. The molecule has 2 amide bonds. The third-order valence-corrected chi connectivity index (χ3v) is 5.19. The number of para-hydroxylation sites is 2. The van der Waals surface area contributed by atoms with E-state index in [0.717, 1.165) is 37.3 Å². The number of anilines is 1. The Bertz CT molecular complexity index is 701. The summed E-state index contributed by atoms with van der Waals surface area (Å²) in [4.78, 5) is 39.7. The van der Waals surface area contributed by atoms with E-state index in [2.05, 4.69) is 5.32 Å². The lowest BCUT2D eigenvalue weighted by molar-refractivity contribution is -0.898. The van der Waals surface area contributed by atoms with Gasteiger partial charge in [0.25, 0.3) is 5.91 Å². The van der Waals surface area contributed by atoms with Crippen molar-refractivity contribution in [3.05, 3.63) is 24.3 Å². The van der Waals surface area contributed by atoms with Crippen molar-refractivity contribution in [3.8, 4) is 5.75 Å². The Morgan fingerprint density at radius 1 is 1.17 bits per heavy atom. The van der Waals surface area contributed by atoms with Crippen molar-refractivity contribution in [1.29, 1.82) is 0 Å². The van der Waals surface area contributed by atoms with E-state index >= 15 is 0 Å². The molecule has 1 aliphatic heterocycles. The maximum Gasteiger partial charge on any atom is 0.309 e. The largest absolute Gasteiger partial charge is 0.495 e. The van der Waals surface area contributed by atoms with E-state index in [9.17, 15) is 14.4 Å². The molecule has 0 saturated carbocycles. The molecule has 8 heteroatoms. The van der Waals surface area contributed by atoms with Crippen molar-refractivity contribution < 1.29 is 28.8 Å². The third kappa shape index (κ3) is 6.74. The summed E-state index contributed by atoms with van der Waals surface area (Å²) in [7, 11) is 2.95. The second kappa shape index (κ2) is 11.4. The van der Waals surface area contributed by atoms with Gasteiger partial charge in [-0.1, -0.05) is 19.1 Å². The van der Waals surface area contributed by atoms with E-state index in [4.69, 9.17) is 9.47 Å². The number of ether oxygens (including phenoxy) is 2. The molecule has 0 spiro atoms. The Morgan fingerprint density at radius 2 is 1.86 bits per heavy atom. The molecule has 1 heterocycles. The molecular weight excluding hydrogens is 374 g/mol. The molecule has 0 aliphatic carbocycles. The van der Waals surface area contributed by atoms with Gasteiger partial charge in [0, 0.05) is 19.4 Å². The lowest BCUT2D eigenvalue weighted by Gasteiger charge is -2.29. The van der Waals surface area contributed by atoms with Crippen LogP contribution in [0.25, 0.3) is 0 Å². The molecule has 29 heavy (non-hydrogen) atoms. The summed E-state index contributed by atoms with van der Waals surface area (Å²) in [6.07, 6.45) is 2.21. The molecule has 2 rings (SSSR count). The lowest BCUT2D eigenvalue weighted by Crippen LogP contribution is -3.14. The van der Waals surface area contributed by atoms with E-state index in [0.29, 0.717) is 24.5 Å². The fourth-order valence-corrected chi connectivity index (χ4v) is 3.60. The number of carbonyl (C=O) groups is 3. The molecule has 0 radical (unpaired) electrons. The highest BCUT2D eigenvalue weighted by Gasteiger charge is 2.30. The number of carbonyl (C=O) groups excluding carboxylic acids is 3. The number of likely N-dealkylation sites (tertiary alicyclic amines) is 1. The monoisotopic (exact) mass is 406 g/mol. The van der Waals surface area contributed by atoms with Crippen LogP contribution in [-0.2, 0) is 19.1 Å². The van der Waals surface area contributed by atoms with Crippen molar-refractivity contribution >= 4 is 23.5 Å². The van der Waals surface area contributed by atoms with Crippen molar-refractivity contribution in [2.75, 3.05) is 52.3 Å². The zero-order valence-corrected chi connectivity index (χ0v) is 17.5. The first-order valence-corrected chi connectivity index (χ1v) is 10.1. The van der Waals surface area contributed by atoms with Gasteiger partial charge in [-0.15, -0.1) is 0 Å². The van der Waals surface area contributed by atoms with Crippen LogP contribution in [0.2, 0.25) is 0 Å². The number of piperidine rings is 1. The van der Waals surface area contributed by atoms with Crippen LogP contribution in [0.5, 0.6) is 5.75 Å². The van der Waals surface area contributed by atoms with Gasteiger partial charge in [-0.3, -0.25) is 14.4 Å². The summed E-state index contributed by atoms with van der Waals surface area (Å²) in [6, 6.07) is 7.17. The number of methoxy groups -OCH3 is 2. The van der Waals surface area contributed by atoms with Crippen LogP contribution >= 0.6 is 0 Å². The van der Waals surface area contributed by atoms with Gasteiger partial charge in [-0.25, -0.2) is 0 Å². The summed E-state index contributed by atoms with van der Waals surface area (Å²) in [5.74, 6) is 0.0320. The first kappa shape index (κ1) is 22.7. The SMILES string of the molecule is CCCN(CC(=O)Nc1ccccc1OC)C(=O)C[NH+]1CCC(C(=O)OC)CC1. The van der Waals surface area contributed by atoms with Crippen LogP contribution in [0, 0.1) is 5.92 Å². The van der Waals surface area contributed by atoms with Gasteiger partial charge in [-0.05, 0) is 18.6 Å². The predicted molar refractivity (Wildman–Crippen MR) is 109 cm³/mol. The maximum absolute atomic E-state index is 12.8. The van der Waals surface area contributed by atoms with E-state index in [1.807, 2.05) is 19.1 Å². The number of hydrogen-bond donors (Lipinski definition) is 2. The normalized spacial score (nSPS) is 18.6. The fraction of sp³-hybridized carbons (Fsp3) is 0.571. The Kier molecular flexibility index (Phi) is 8.92. The van der Waals surface area contributed by atoms with Crippen molar-refractivity contribution in [3.63, 3.8) is 0 Å². The van der Waals surface area contributed by atoms with Crippen molar-refractivity contribution in [2.45, 2.75) is 26.2 Å². The summed E-state index contributed by atoms with van der Waals surface area (Å²) >= 11 is 0. The average Bonchev–Trinajstić information content (AvgIpc) is 2.73. The van der Waals surface area contributed by atoms with Crippen LogP contribution in [-0.4, -0.2) is 69.6 Å². The molecule has 0 bridgehead atoms. The van der Waals surface area contributed by atoms with Gasteiger partial charge >= 0.3 is 5.97 Å². The number of benzene rings is 1. The van der Waals surface area contributed by atoms with Crippen LogP contribution in [0.1, 0.15) is 26.2 Å². The smallest absolute Gasteiger partial charge is 0.309 e. The fourth-order valence-electron chi connectivity index (χ4n) is 3.60. The highest BCUT2D eigenvalue weighted by Crippen LogP contribution is 2.22. The molecule has 2 N–H and O–H groups in total. The topological polar surface area (TPSA) is 89.4 Å². The number of nitrogens with zero attached hydrogens (tertiary/aromatic N) is 1. The highest BCUT2D eigenvalue weighted by molar-refractivity contribution is 5.95. The number of hydrogen-bond acceptors (Lipinski definition) is 5. The Hall–Kier alpha value is -2.61. The highest BCUT2D eigenvalue weighted by atomic mass is 16.5. The Balaban J connectivity index is 1.89. The molecule has 0 aromatic heterocycles. The van der Waals surface area contributed by atoms with Gasteiger partial charge in [-0.2, -0.15) is 0 Å². The summed E-state index contributed by atoms with van der Waals surface area (Å²) in [5.41, 5.74) is 0.583. The third-order valence-electron chi connectivity index (χ3n) is 5.19. The maximum atomic E-state index is 12.8. The average molecular weight is 407 g/mol. The van der Waals surface area contributed by atoms with E-state index in [1.165, 1.54) is 7.11 Å². The number of esters is 1. The van der Waals surface area contributed by atoms with Crippen molar-refractivity contribution in [2.24, 2.45) is 5.92 Å². The van der Waals surface area contributed by atoms with E-state index < -0.39 is 0 Å². The van der Waals surface area contributed by atoms with Gasteiger partial charge in [0.2, 0.25) is 5.91 Å².